The molecule has 1 aliphatic heterocycles. The summed E-state index contributed by atoms with van der Waals surface area (Å²) >= 11 is 3.29. The van der Waals surface area contributed by atoms with Gasteiger partial charge in [-0.05, 0) is 30.7 Å². The highest BCUT2D eigenvalue weighted by atomic mass is 79.9. The van der Waals surface area contributed by atoms with Crippen molar-refractivity contribution in [2.75, 3.05) is 13.1 Å². The average molecular weight is 290 g/mol. The fraction of sp³-hybridized carbons (Fsp3) is 0.500. The Hall–Kier alpha value is -0.480. The molecule has 0 aromatic heterocycles. The summed E-state index contributed by atoms with van der Waals surface area (Å²) in [6.45, 7) is 1.14. The minimum absolute atomic E-state index is 0.160. The van der Waals surface area contributed by atoms with Gasteiger partial charge in [-0.2, -0.15) is 0 Å². The molecule has 0 radical (unpaired) electrons. The van der Waals surface area contributed by atoms with Crippen molar-refractivity contribution < 1.29 is 8.78 Å². The van der Waals surface area contributed by atoms with Crippen LogP contribution in [0.4, 0.5) is 8.78 Å². The summed E-state index contributed by atoms with van der Waals surface area (Å²) in [5.74, 6) is -3.12. The first-order chi connectivity index (χ1) is 7.58. The molecule has 1 nitrogen and oxygen atoms in total. The molecule has 4 heteroatoms. The van der Waals surface area contributed by atoms with Gasteiger partial charge in [-0.1, -0.05) is 28.1 Å². The van der Waals surface area contributed by atoms with E-state index in [4.69, 9.17) is 0 Å². The highest BCUT2D eigenvalue weighted by molar-refractivity contribution is 9.10. The molecule has 1 fully saturated rings. The third kappa shape index (κ3) is 2.80. The molecule has 1 atom stereocenters. The number of rotatable bonds is 3. The molecule has 1 aromatic carbocycles. The minimum atomic E-state index is -2.60. The topological polar surface area (TPSA) is 12.0 Å². The summed E-state index contributed by atoms with van der Waals surface area (Å²) in [7, 11) is 0. The summed E-state index contributed by atoms with van der Waals surface area (Å²) in [6, 6.07) is 7.11. The maximum Gasteiger partial charge on any atom is 0.256 e. The lowest BCUT2D eigenvalue weighted by atomic mass is 9.94. The molecule has 1 aromatic rings. The SMILES string of the molecule is FC(F)(Cc1ccc(Br)cc1)C1CCNC1. The molecule has 0 saturated carbocycles. The van der Waals surface area contributed by atoms with Crippen molar-refractivity contribution in [1.82, 2.24) is 5.32 Å². The Morgan fingerprint density at radius 3 is 2.56 bits per heavy atom. The summed E-state index contributed by atoms with van der Waals surface area (Å²) in [4.78, 5) is 0. The lowest BCUT2D eigenvalue weighted by molar-refractivity contribution is -0.0499. The van der Waals surface area contributed by atoms with Gasteiger partial charge in [0.25, 0.3) is 5.92 Å². The first kappa shape index (κ1) is 12.0. The van der Waals surface area contributed by atoms with Gasteiger partial charge in [-0.3, -0.25) is 0 Å². The van der Waals surface area contributed by atoms with Gasteiger partial charge in [-0.25, -0.2) is 8.78 Å². The molecule has 1 unspecified atom stereocenters. The fourth-order valence-electron chi connectivity index (χ4n) is 2.03. The van der Waals surface area contributed by atoms with Gasteiger partial charge in [-0.15, -0.1) is 0 Å². The second kappa shape index (κ2) is 4.80. The van der Waals surface area contributed by atoms with Crippen LogP contribution < -0.4 is 5.32 Å². The Balaban J connectivity index is 2.04. The third-order valence-corrected chi connectivity index (χ3v) is 3.54. The molecule has 16 heavy (non-hydrogen) atoms. The van der Waals surface area contributed by atoms with Crippen LogP contribution in [0.5, 0.6) is 0 Å². The van der Waals surface area contributed by atoms with Gasteiger partial charge >= 0.3 is 0 Å². The van der Waals surface area contributed by atoms with Crippen molar-refractivity contribution in [2.45, 2.75) is 18.8 Å². The van der Waals surface area contributed by atoms with Gasteiger partial charge in [0.05, 0.1) is 0 Å². The lowest BCUT2D eigenvalue weighted by Gasteiger charge is -2.22. The maximum atomic E-state index is 13.9. The highest BCUT2D eigenvalue weighted by Gasteiger charge is 2.40. The van der Waals surface area contributed by atoms with Crippen LogP contribution in [0.25, 0.3) is 0 Å². The normalized spacial score (nSPS) is 21.3. The molecular formula is C12H14BrF2N. The van der Waals surface area contributed by atoms with Crippen LogP contribution in [-0.2, 0) is 6.42 Å². The van der Waals surface area contributed by atoms with E-state index in [1.807, 2.05) is 0 Å². The van der Waals surface area contributed by atoms with Gasteiger partial charge < -0.3 is 5.32 Å². The summed E-state index contributed by atoms with van der Waals surface area (Å²) in [5, 5.41) is 2.99. The first-order valence-electron chi connectivity index (χ1n) is 5.41. The third-order valence-electron chi connectivity index (χ3n) is 3.01. The van der Waals surface area contributed by atoms with Crippen LogP contribution in [0, 0.1) is 5.92 Å². The number of benzene rings is 1. The average Bonchev–Trinajstić information content (AvgIpc) is 2.75. The van der Waals surface area contributed by atoms with Gasteiger partial charge in [0.1, 0.15) is 0 Å². The Morgan fingerprint density at radius 1 is 1.31 bits per heavy atom. The van der Waals surface area contributed by atoms with Crippen molar-refractivity contribution in [3.8, 4) is 0 Å². The summed E-state index contributed by atoms with van der Waals surface area (Å²) in [5.41, 5.74) is 0.695. The minimum Gasteiger partial charge on any atom is -0.316 e. The monoisotopic (exact) mass is 289 g/mol. The van der Waals surface area contributed by atoms with Crippen LogP contribution >= 0.6 is 15.9 Å². The Kier molecular flexibility index (Phi) is 3.60. The van der Waals surface area contributed by atoms with Gasteiger partial charge in [0.15, 0.2) is 0 Å². The van der Waals surface area contributed by atoms with E-state index in [9.17, 15) is 8.78 Å². The number of nitrogens with one attached hydrogen (secondary N) is 1. The second-order valence-corrected chi connectivity index (χ2v) is 5.17. The van der Waals surface area contributed by atoms with E-state index in [2.05, 4.69) is 21.2 Å². The van der Waals surface area contributed by atoms with E-state index < -0.39 is 11.8 Å². The predicted octanol–water partition coefficient (Wildman–Crippen LogP) is 3.24. The van der Waals surface area contributed by atoms with E-state index in [1.54, 1.807) is 24.3 Å². The molecule has 88 valence electrons. The van der Waals surface area contributed by atoms with Crippen molar-refractivity contribution in [1.29, 1.82) is 0 Å². The van der Waals surface area contributed by atoms with Crippen LogP contribution in [-0.4, -0.2) is 19.0 Å². The Bertz CT molecular complexity index is 345. The van der Waals surface area contributed by atoms with E-state index >= 15 is 0 Å². The molecule has 1 saturated heterocycles. The van der Waals surface area contributed by atoms with Crippen LogP contribution in [0.3, 0.4) is 0 Å². The van der Waals surface area contributed by atoms with E-state index in [0.717, 1.165) is 4.47 Å². The highest BCUT2D eigenvalue weighted by Crippen LogP contribution is 2.32. The van der Waals surface area contributed by atoms with E-state index in [-0.39, 0.29) is 6.42 Å². The molecule has 1 N–H and O–H groups in total. The predicted molar refractivity (Wildman–Crippen MR) is 63.8 cm³/mol. The van der Waals surface area contributed by atoms with Crippen LogP contribution in [0.15, 0.2) is 28.7 Å². The molecule has 0 amide bonds. The summed E-state index contributed by atoms with van der Waals surface area (Å²) < 4.78 is 28.6. The number of hydrogen-bond donors (Lipinski definition) is 1. The first-order valence-corrected chi connectivity index (χ1v) is 6.20. The number of halogens is 3. The van der Waals surface area contributed by atoms with Gasteiger partial charge in [0, 0.05) is 23.4 Å². The molecule has 0 bridgehead atoms. The van der Waals surface area contributed by atoms with Gasteiger partial charge in [0.2, 0.25) is 0 Å². The van der Waals surface area contributed by atoms with E-state index in [1.165, 1.54) is 0 Å². The smallest absolute Gasteiger partial charge is 0.256 e. The number of hydrogen-bond acceptors (Lipinski definition) is 1. The summed E-state index contributed by atoms with van der Waals surface area (Å²) in [6.07, 6.45) is 0.413. The maximum absolute atomic E-state index is 13.9. The molecule has 1 heterocycles. The molecular weight excluding hydrogens is 276 g/mol. The largest absolute Gasteiger partial charge is 0.316 e. The number of alkyl halides is 2. The molecule has 0 aliphatic carbocycles. The molecule has 1 aliphatic rings. The van der Waals surface area contributed by atoms with Crippen molar-refractivity contribution in [3.05, 3.63) is 34.3 Å². The quantitative estimate of drug-likeness (QED) is 0.901. The van der Waals surface area contributed by atoms with Crippen molar-refractivity contribution in [2.24, 2.45) is 5.92 Å². The fourth-order valence-corrected chi connectivity index (χ4v) is 2.30. The lowest BCUT2D eigenvalue weighted by Crippen LogP contribution is -2.32. The van der Waals surface area contributed by atoms with Crippen molar-refractivity contribution >= 4 is 15.9 Å². The Morgan fingerprint density at radius 2 is 2.00 bits per heavy atom. The van der Waals surface area contributed by atoms with Crippen LogP contribution in [0.2, 0.25) is 0 Å². The molecule has 0 spiro atoms. The zero-order valence-electron chi connectivity index (χ0n) is 8.85. The zero-order valence-corrected chi connectivity index (χ0v) is 10.4. The zero-order chi connectivity index (χ0) is 11.6. The molecule has 2 rings (SSSR count). The van der Waals surface area contributed by atoms with Crippen LogP contribution in [0.1, 0.15) is 12.0 Å². The second-order valence-electron chi connectivity index (χ2n) is 4.25. The standard InChI is InChI=1S/C12H14BrF2N/c13-11-3-1-9(2-4-11)7-12(14,15)10-5-6-16-8-10/h1-4,10,16H,5-8H2. The Labute approximate surface area is 102 Å². The van der Waals surface area contributed by atoms with E-state index in [0.29, 0.717) is 25.1 Å². The van der Waals surface area contributed by atoms with Crippen molar-refractivity contribution in [3.63, 3.8) is 0 Å².